The molecule has 2 rings (SSSR count). The van der Waals surface area contributed by atoms with Crippen molar-refractivity contribution in [1.29, 1.82) is 0 Å². The summed E-state index contributed by atoms with van der Waals surface area (Å²) < 4.78 is 5.19. The van der Waals surface area contributed by atoms with Gasteiger partial charge in [-0.15, -0.1) is 0 Å². The summed E-state index contributed by atoms with van der Waals surface area (Å²) in [6.07, 6.45) is 0. The zero-order valence-corrected chi connectivity index (χ0v) is 12.7. The molecule has 0 atom stereocenters. The molecule has 0 saturated carbocycles. The van der Waals surface area contributed by atoms with E-state index in [0.29, 0.717) is 16.5 Å². The first-order valence-electron chi connectivity index (χ1n) is 6.53. The van der Waals surface area contributed by atoms with Crippen molar-refractivity contribution in [1.82, 2.24) is 0 Å². The predicted octanol–water partition coefficient (Wildman–Crippen LogP) is 3.71. The first kappa shape index (κ1) is 15.2. The van der Waals surface area contributed by atoms with E-state index in [-0.39, 0.29) is 12.5 Å². The number of carbonyl (C=O) groups excluding carboxylic acids is 1. The molecule has 2 aromatic carbocycles. The molecule has 0 bridgehead atoms. The summed E-state index contributed by atoms with van der Waals surface area (Å²) in [5.74, 6) is 0.405. The van der Waals surface area contributed by atoms with Gasteiger partial charge in [0.25, 0.3) is 0 Å². The molecule has 0 aliphatic rings. The predicted molar refractivity (Wildman–Crippen MR) is 86.3 cm³/mol. The van der Waals surface area contributed by atoms with E-state index in [1.807, 2.05) is 31.2 Å². The molecule has 2 aromatic rings. The minimum Gasteiger partial charge on any atom is -0.495 e. The average Bonchev–Trinajstić information content (AvgIpc) is 2.47. The number of methoxy groups -OCH3 is 1. The maximum Gasteiger partial charge on any atom is 0.243 e. The minimum absolute atomic E-state index is 0.167. The van der Waals surface area contributed by atoms with E-state index in [1.54, 1.807) is 25.3 Å². The Labute approximate surface area is 129 Å². The molecule has 0 aromatic heterocycles. The molecular formula is C16H17ClN2O2. The summed E-state index contributed by atoms with van der Waals surface area (Å²) in [6, 6.07) is 12.9. The van der Waals surface area contributed by atoms with Gasteiger partial charge in [-0.3, -0.25) is 4.79 Å². The molecule has 5 heteroatoms. The average molecular weight is 305 g/mol. The van der Waals surface area contributed by atoms with Crippen molar-refractivity contribution in [2.24, 2.45) is 0 Å². The summed E-state index contributed by atoms with van der Waals surface area (Å²) >= 11 is 5.93. The molecule has 0 spiro atoms. The summed E-state index contributed by atoms with van der Waals surface area (Å²) in [7, 11) is 1.55. The fourth-order valence-electron chi connectivity index (χ4n) is 1.92. The van der Waals surface area contributed by atoms with Crippen molar-refractivity contribution in [2.75, 3.05) is 24.3 Å². The van der Waals surface area contributed by atoms with Gasteiger partial charge in [0.05, 0.1) is 19.3 Å². The van der Waals surface area contributed by atoms with Crippen LogP contribution >= 0.6 is 11.6 Å². The molecule has 110 valence electrons. The monoisotopic (exact) mass is 304 g/mol. The van der Waals surface area contributed by atoms with Crippen LogP contribution in [0.3, 0.4) is 0 Å². The Hall–Kier alpha value is -2.20. The lowest BCUT2D eigenvalue weighted by Gasteiger charge is -2.12. The number of carbonyl (C=O) groups is 1. The normalized spacial score (nSPS) is 10.0. The van der Waals surface area contributed by atoms with E-state index in [1.165, 1.54) is 0 Å². The number of anilines is 2. The van der Waals surface area contributed by atoms with E-state index >= 15 is 0 Å². The number of ether oxygens (including phenoxy) is 1. The number of halogens is 1. The Morgan fingerprint density at radius 2 is 1.95 bits per heavy atom. The second-order valence-corrected chi connectivity index (χ2v) is 5.00. The third kappa shape index (κ3) is 4.13. The van der Waals surface area contributed by atoms with E-state index in [9.17, 15) is 4.79 Å². The van der Waals surface area contributed by atoms with Crippen molar-refractivity contribution in [3.63, 3.8) is 0 Å². The second-order valence-electron chi connectivity index (χ2n) is 4.56. The van der Waals surface area contributed by atoms with Crippen LogP contribution in [0.2, 0.25) is 5.02 Å². The van der Waals surface area contributed by atoms with Gasteiger partial charge in [0.1, 0.15) is 5.75 Å². The van der Waals surface area contributed by atoms with Gasteiger partial charge in [-0.25, -0.2) is 0 Å². The lowest BCUT2D eigenvalue weighted by atomic mass is 10.2. The Morgan fingerprint density at radius 1 is 1.19 bits per heavy atom. The molecule has 4 nitrogen and oxygen atoms in total. The van der Waals surface area contributed by atoms with E-state index in [0.717, 1.165) is 11.3 Å². The van der Waals surface area contributed by atoms with Crippen molar-refractivity contribution < 1.29 is 9.53 Å². The van der Waals surface area contributed by atoms with Crippen LogP contribution < -0.4 is 15.4 Å². The Balaban J connectivity index is 1.99. The third-order valence-electron chi connectivity index (χ3n) is 3.02. The van der Waals surface area contributed by atoms with Gasteiger partial charge >= 0.3 is 0 Å². The van der Waals surface area contributed by atoms with Crippen LogP contribution in [-0.2, 0) is 4.79 Å². The molecule has 0 aliphatic carbocycles. The summed E-state index contributed by atoms with van der Waals surface area (Å²) in [4.78, 5) is 12.0. The molecule has 0 aliphatic heterocycles. The fraction of sp³-hybridized carbons (Fsp3) is 0.188. The van der Waals surface area contributed by atoms with Gasteiger partial charge in [-0.2, -0.15) is 0 Å². The zero-order chi connectivity index (χ0) is 15.2. The van der Waals surface area contributed by atoms with Gasteiger partial charge in [-0.1, -0.05) is 29.8 Å². The maximum absolute atomic E-state index is 12.0. The van der Waals surface area contributed by atoms with E-state index in [4.69, 9.17) is 16.3 Å². The van der Waals surface area contributed by atoms with Crippen LogP contribution in [0.1, 0.15) is 5.56 Å². The second kappa shape index (κ2) is 6.99. The number of rotatable bonds is 5. The van der Waals surface area contributed by atoms with Gasteiger partial charge in [0.15, 0.2) is 0 Å². The van der Waals surface area contributed by atoms with Crippen molar-refractivity contribution in [2.45, 2.75) is 6.92 Å². The van der Waals surface area contributed by atoms with Crippen LogP contribution in [0.5, 0.6) is 5.75 Å². The van der Waals surface area contributed by atoms with Gasteiger partial charge in [0.2, 0.25) is 5.91 Å². The quantitative estimate of drug-likeness (QED) is 0.885. The fourth-order valence-corrected chi connectivity index (χ4v) is 2.09. The lowest BCUT2D eigenvalue weighted by Crippen LogP contribution is -2.22. The molecule has 0 fully saturated rings. The van der Waals surface area contributed by atoms with E-state index in [2.05, 4.69) is 10.6 Å². The summed E-state index contributed by atoms with van der Waals surface area (Å²) in [6.45, 7) is 2.15. The molecule has 0 radical (unpaired) electrons. The first-order chi connectivity index (χ1) is 10.1. The number of para-hydroxylation sites is 1. The highest BCUT2D eigenvalue weighted by molar-refractivity contribution is 6.31. The molecule has 2 N–H and O–H groups in total. The highest BCUT2D eigenvalue weighted by atomic mass is 35.5. The Morgan fingerprint density at radius 3 is 2.67 bits per heavy atom. The maximum atomic E-state index is 12.0. The third-order valence-corrected chi connectivity index (χ3v) is 3.26. The van der Waals surface area contributed by atoms with Gasteiger partial charge in [-0.05, 0) is 36.8 Å². The van der Waals surface area contributed by atoms with E-state index < -0.39 is 0 Å². The Kier molecular flexibility index (Phi) is 5.06. The molecular weight excluding hydrogens is 288 g/mol. The molecule has 21 heavy (non-hydrogen) atoms. The highest BCUT2D eigenvalue weighted by Gasteiger charge is 2.08. The number of nitrogens with one attached hydrogen (secondary N) is 2. The molecule has 0 saturated heterocycles. The number of amides is 1. The van der Waals surface area contributed by atoms with Crippen LogP contribution in [0.25, 0.3) is 0 Å². The number of hydrogen-bond acceptors (Lipinski definition) is 3. The van der Waals surface area contributed by atoms with Crippen LogP contribution in [0.4, 0.5) is 11.4 Å². The SMILES string of the molecule is COc1ccc(Cl)cc1NC(=O)CNc1ccccc1C. The smallest absolute Gasteiger partial charge is 0.243 e. The topological polar surface area (TPSA) is 50.4 Å². The summed E-state index contributed by atoms with van der Waals surface area (Å²) in [5, 5.41) is 6.42. The Bertz CT molecular complexity index is 644. The summed E-state index contributed by atoms with van der Waals surface area (Å²) in [5.41, 5.74) is 2.58. The molecule has 1 amide bonds. The molecule has 0 unspecified atom stereocenters. The highest BCUT2D eigenvalue weighted by Crippen LogP contribution is 2.27. The zero-order valence-electron chi connectivity index (χ0n) is 11.9. The minimum atomic E-state index is -0.168. The number of benzene rings is 2. The first-order valence-corrected chi connectivity index (χ1v) is 6.91. The lowest BCUT2D eigenvalue weighted by molar-refractivity contribution is -0.114. The van der Waals surface area contributed by atoms with Gasteiger partial charge in [0, 0.05) is 10.7 Å². The van der Waals surface area contributed by atoms with Crippen LogP contribution in [0.15, 0.2) is 42.5 Å². The van der Waals surface area contributed by atoms with Crippen LogP contribution in [0, 0.1) is 6.92 Å². The largest absolute Gasteiger partial charge is 0.495 e. The number of aryl methyl sites for hydroxylation is 1. The molecule has 0 heterocycles. The van der Waals surface area contributed by atoms with Crippen molar-refractivity contribution in [3.05, 3.63) is 53.1 Å². The van der Waals surface area contributed by atoms with Crippen molar-refractivity contribution in [3.8, 4) is 5.75 Å². The number of hydrogen-bond donors (Lipinski definition) is 2. The standard InChI is InChI=1S/C16H17ClN2O2/c1-11-5-3-4-6-13(11)18-10-16(20)19-14-9-12(17)7-8-15(14)21-2/h3-9,18H,10H2,1-2H3,(H,19,20). The van der Waals surface area contributed by atoms with Crippen molar-refractivity contribution >= 4 is 28.9 Å². The van der Waals surface area contributed by atoms with Gasteiger partial charge < -0.3 is 15.4 Å². The van der Waals surface area contributed by atoms with Crippen LogP contribution in [-0.4, -0.2) is 19.6 Å².